The maximum absolute atomic E-state index is 6.98. The number of nitrogens with one attached hydrogen (secondary N) is 2. The molecule has 0 aromatic heterocycles. The van der Waals surface area contributed by atoms with Crippen LogP contribution in [0.15, 0.2) is 4.99 Å². The number of rotatable bonds is 4. The number of hydrogen-bond acceptors (Lipinski definition) is 3. The molecule has 2 N–H and O–H groups in total. The topological polar surface area (TPSA) is 60.1 Å². The van der Waals surface area contributed by atoms with E-state index in [1.807, 2.05) is 13.8 Å². The van der Waals surface area contributed by atoms with Crippen LogP contribution in [0.5, 0.6) is 0 Å². The molecule has 0 aromatic rings. The van der Waals surface area contributed by atoms with Crippen LogP contribution in [0.3, 0.4) is 0 Å². The lowest BCUT2D eigenvalue weighted by Crippen LogP contribution is -2.16. The summed E-state index contributed by atoms with van der Waals surface area (Å²) in [6.07, 6.45) is 3.94. The SMILES string of the molecule is CC(C)(C=N)CN=CC=N. The van der Waals surface area contributed by atoms with Crippen LogP contribution in [0.2, 0.25) is 0 Å². The molecular formula is C7H13N3. The Bertz CT molecular complexity index is 147. The minimum absolute atomic E-state index is 0.167. The largest absolute Gasteiger partial charge is 0.312 e. The van der Waals surface area contributed by atoms with Crippen molar-refractivity contribution in [3.63, 3.8) is 0 Å². The number of nitrogens with zero attached hydrogens (tertiary/aromatic N) is 1. The Balaban J connectivity index is 3.77. The van der Waals surface area contributed by atoms with Crippen molar-refractivity contribution >= 4 is 18.6 Å². The van der Waals surface area contributed by atoms with E-state index in [4.69, 9.17) is 10.8 Å². The normalized spacial score (nSPS) is 11.8. The number of hydrogen-bond donors (Lipinski definition) is 2. The van der Waals surface area contributed by atoms with Crippen molar-refractivity contribution in [2.75, 3.05) is 6.54 Å². The zero-order chi connectivity index (χ0) is 8.04. The van der Waals surface area contributed by atoms with Gasteiger partial charge in [0.2, 0.25) is 0 Å². The van der Waals surface area contributed by atoms with Gasteiger partial charge >= 0.3 is 0 Å². The van der Waals surface area contributed by atoms with E-state index in [0.29, 0.717) is 6.54 Å². The highest BCUT2D eigenvalue weighted by molar-refractivity contribution is 6.14. The Morgan fingerprint density at radius 1 is 1.40 bits per heavy atom. The minimum atomic E-state index is -0.167. The fourth-order valence-corrected chi connectivity index (χ4v) is 0.386. The Morgan fingerprint density at radius 3 is 2.40 bits per heavy atom. The average molecular weight is 139 g/mol. The summed E-state index contributed by atoms with van der Waals surface area (Å²) in [5, 5.41) is 13.6. The summed E-state index contributed by atoms with van der Waals surface area (Å²) in [6.45, 7) is 4.44. The van der Waals surface area contributed by atoms with E-state index in [-0.39, 0.29) is 5.41 Å². The van der Waals surface area contributed by atoms with E-state index in [1.54, 1.807) is 0 Å². The van der Waals surface area contributed by atoms with Gasteiger partial charge in [-0.05, 0) is 0 Å². The monoisotopic (exact) mass is 139 g/mol. The second kappa shape index (κ2) is 3.93. The first-order valence-corrected chi connectivity index (χ1v) is 3.13. The summed E-state index contributed by atoms with van der Waals surface area (Å²) in [5.41, 5.74) is -0.167. The summed E-state index contributed by atoms with van der Waals surface area (Å²) in [6, 6.07) is 0. The van der Waals surface area contributed by atoms with Gasteiger partial charge in [0.1, 0.15) is 0 Å². The molecule has 10 heavy (non-hydrogen) atoms. The van der Waals surface area contributed by atoms with E-state index in [2.05, 4.69) is 4.99 Å². The summed E-state index contributed by atoms with van der Waals surface area (Å²) < 4.78 is 0. The summed E-state index contributed by atoms with van der Waals surface area (Å²) in [7, 11) is 0. The third-order valence-corrected chi connectivity index (χ3v) is 1.07. The standard InChI is InChI=1S/C7H13N3/c1-7(2,5-9)6-10-4-3-8/h3-5,8-9H,6H2,1-2H3. The highest BCUT2D eigenvalue weighted by Crippen LogP contribution is 2.09. The van der Waals surface area contributed by atoms with E-state index in [0.717, 1.165) is 6.21 Å². The molecule has 0 saturated heterocycles. The highest BCUT2D eigenvalue weighted by Gasteiger charge is 2.11. The smallest absolute Gasteiger partial charge is 0.0490 e. The van der Waals surface area contributed by atoms with Crippen LogP contribution < -0.4 is 0 Å². The fraction of sp³-hybridized carbons (Fsp3) is 0.571. The van der Waals surface area contributed by atoms with Crippen LogP contribution in [-0.2, 0) is 0 Å². The van der Waals surface area contributed by atoms with Gasteiger partial charge in [-0.15, -0.1) is 0 Å². The molecule has 0 aromatic carbocycles. The second-order valence-electron chi connectivity index (χ2n) is 2.79. The fourth-order valence-electron chi connectivity index (χ4n) is 0.386. The molecule has 0 aliphatic rings. The van der Waals surface area contributed by atoms with Crippen molar-refractivity contribution in [1.82, 2.24) is 0 Å². The zero-order valence-corrected chi connectivity index (χ0v) is 6.39. The molecule has 0 spiro atoms. The van der Waals surface area contributed by atoms with Gasteiger partial charge in [-0.2, -0.15) is 0 Å². The van der Waals surface area contributed by atoms with E-state index in [9.17, 15) is 0 Å². The Labute approximate surface area is 61.2 Å². The van der Waals surface area contributed by atoms with Crippen LogP contribution in [0, 0.1) is 16.2 Å². The second-order valence-corrected chi connectivity index (χ2v) is 2.79. The van der Waals surface area contributed by atoms with Gasteiger partial charge in [-0.3, -0.25) is 4.99 Å². The Hall–Kier alpha value is -0.990. The summed E-state index contributed by atoms with van der Waals surface area (Å²) in [5.74, 6) is 0. The van der Waals surface area contributed by atoms with Gasteiger partial charge in [0.05, 0.1) is 0 Å². The number of aliphatic imine (C=N–C) groups is 1. The van der Waals surface area contributed by atoms with Gasteiger partial charge in [-0.25, -0.2) is 0 Å². The molecule has 0 atom stereocenters. The van der Waals surface area contributed by atoms with Crippen LogP contribution in [0.25, 0.3) is 0 Å². The van der Waals surface area contributed by atoms with Crippen LogP contribution in [-0.4, -0.2) is 25.2 Å². The molecule has 0 radical (unpaired) electrons. The molecule has 3 heteroatoms. The molecule has 56 valence electrons. The first kappa shape index (κ1) is 9.01. The predicted octanol–water partition coefficient (Wildman–Crippen LogP) is 1.38. The molecule has 0 aliphatic heterocycles. The molecule has 0 rings (SSSR count). The van der Waals surface area contributed by atoms with Crippen LogP contribution in [0.1, 0.15) is 13.8 Å². The first-order chi connectivity index (χ1) is 4.62. The summed E-state index contributed by atoms with van der Waals surface area (Å²) in [4.78, 5) is 3.91. The maximum atomic E-state index is 6.98. The van der Waals surface area contributed by atoms with Gasteiger partial charge < -0.3 is 10.8 Å². The molecule has 0 aliphatic carbocycles. The molecule has 0 bridgehead atoms. The van der Waals surface area contributed by atoms with Crippen molar-refractivity contribution in [3.8, 4) is 0 Å². The lowest BCUT2D eigenvalue weighted by atomic mass is 9.96. The van der Waals surface area contributed by atoms with Gasteiger partial charge in [0.25, 0.3) is 0 Å². The van der Waals surface area contributed by atoms with Crippen LogP contribution in [0.4, 0.5) is 0 Å². The lowest BCUT2D eigenvalue weighted by Gasteiger charge is -2.13. The maximum Gasteiger partial charge on any atom is 0.0490 e. The van der Waals surface area contributed by atoms with Crippen molar-refractivity contribution in [2.45, 2.75) is 13.8 Å². The van der Waals surface area contributed by atoms with E-state index in [1.165, 1.54) is 12.4 Å². The lowest BCUT2D eigenvalue weighted by molar-refractivity contribution is 0.551. The molecule has 0 fully saturated rings. The minimum Gasteiger partial charge on any atom is -0.312 e. The van der Waals surface area contributed by atoms with Crippen molar-refractivity contribution in [1.29, 1.82) is 10.8 Å². The average Bonchev–Trinajstić information content (AvgIpc) is 1.89. The van der Waals surface area contributed by atoms with Crippen molar-refractivity contribution < 1.29 is 0 Å². The first-order valence-electron chi connectivity index (χ1n) is 3.13. The third kappa shape index (κ3) is 3.95. The predicted molar refractivity (Wildman–Crippen MR) is 44.7 cm³/mol. The Morgan fingerprint density at radius 2 is 2.00 bits per heavy atom. The van der Waals surface area contributed by atoms with Gasteiger partial charge in [0.15, 0.2) is 0 Å². The zero-order valence-electron chi connectivity index (χ0n) is 6.39. The quantitative estimate of drug-likeness (QED) is 0.553. The molecule has 0 amide bonds. The molecule has 0 heterocycles. The summed E-state index contributed by atoms with van der Waals surface area (Å²) >= 11 is 0. The van der Waals surface area contributed by atoms with E-state index < -0.39 is 0 Å². The van der Waals surface area contributed by atoms with Gasteiger partial charge in [-0.1, -0.05) is 13.8 Å². The van der Waals surface area contributed by atoms with E-state index >= 15 is 0 Å². The molecule has 0 unspecified atom stereocenters. The molecular weight excluding hydrogens is 126 g/mol. The van der Waals surface area contributed by atoms with Crippen molar-refractivity contribution in [2.24, 2.45) is 10.4 Å². The highest BCUT2D eigenvalue weighted by atomic mass is 14.7. The van der Waals surface area contributed by atoms with Gasteiger partial charge in [0, 0.05) is 30.6 Å². The molecule has 0 saturated carbocycles. The Kier molecular flexibility index (Phi) is 3.54. The molecule has 3 nitrogen and oxygen atoms in total. The van der Waals surface area contributed by atoms with Crippen molar-refractivity contribution in [3.05, 3.63) is 0 Å². The third-order valence-electron chi connectivity index (χ3n) is 1.07. The van der Waals surface area contributed by atoms with Crippen LogP contribution >= 0.6 is 0 Å².